The van der Waals surface area contributed by atoms with Crippen LogP contribution in [0, 0.1) is 0 Å². The predicted octanol–water partition coefficient (Wildman–Crippen LogP) is -1.82. The van der Waals surface area contributed by atoms with Crippen molar-refractivity contribution in [3.05, 3.63) is 26.4 Å². The largest absolute Gasteiger partial charge is 0.494 e. The number of aromatic hydroxyl groups is 1. The lowest BCUT2D eigenvalue weighted by atomic mass is 10.2. The first-order valence-electron chi connectivity index (χ1n) is 4.86. The standard InChI is InChI=1S/C9H13N5O4/c1-4(11-12-8(10)17)5-6(15)13(2)9(18)14(3)7(5)16/h15H,1-3H3,(H3,10,12,17)/b11-4+. The lowest BCUT2D eigenvalue weighted by Gasteiger charge is -2.09. The highest BCUT2D eigenvalue weighted by Gasteiger charge is 2.17. The summed E-state index contributed by atoms with van der Waals surface area (Å²) in [6.45, 7) is 1.39. The minimum Gasteiger partial charge on any atom is -0.494 e. The molecule has 0 radical (unpaired) electrons. The van der Waals surface area contributed by atoms with E-state index in [1.807, 2.05) is 5.43 Å². The van der Waals surface area contributed by atoms with Gasteiger partial charge in [0, 0.05) is 14.1 Å². The molecule has 98 valence electrons. The quantitative estimate of drug-likeness (QED) is 0.424. The topological polar surface area (TPSA) is 132 Å². The summed E-state index contributed by atoms with van der Waals surface area (Å²) in [5.74, 6) is -0.532. The van der Waals surface area contributed by atoms with Gasteiger partial charge in [-0.25, -0.2) is 15.0 Å². The lowest BCUT2D eigenvalue weighted by molar-refractivity contribution is 0.249. The molecule has 0 spiro atoms. The molecular formula is C9H13N5O4. The van der Waals surface area contributed by atoms with Gasteiger partial charge in [0.15, 0.2) is 0 Å². The summed E-state index contributed by atoms with van der Waals surface area (Å²) in [6.07, 6.45) is 0. The van der Waals surface area contributed by atoms with Crippen molar-refractivity contribution in [2.45, 2.75) is 6.92 Å². The molecule has 0 saturated heterocycles. The fourth-order valence-electron chi connectivity index (χ4n) is 1.34. The lowest BCUT2D eigenvalue weighted by Crippen LogP contribution is -2.40. The normalized spacial score (nSPS) is 11.4. The molecule has 9 heteroatoms. The van der Waals surface area contributed by atoms with Crippen molar-refractivity contribution in [2.75, 3.05) is 0 Å². The number of aromatic nitrogens is 2. The van der Waals surface area contributed by atoms with E-state index in [2.05, 4.69) is 5.10 Å². The number of hydrazone groups is 1. The van der Waals surface area contributed by atoms with Crippen molar-refractivity contribution in [2.24, 2.45) is 24.9 Å². The summed E-state index contributed by atoms with van der Waals surface area (Å²) in [6, 6.07) is -0.907. The first-order valence-corrected chi connectivity index (χ1v) is 4.86. The van der Waals surface area contributed by atoms with Gasteiger partial charge in [-0.05, 0) is 6.92 Å². The van der Waals surface area contributed by atoms with Crippen LogP contribution < -0.4 is 22.4 Å². The minimum absolute atomic E-state index is 0.0301. The summed E-state index contributed by atoms with van der Waals surface area (Å²) in [5, 5.41) is 13.3. The smallest absolute Gasteiger partial charge is 0.333 e. The molecular weight excluding hydrogens is 242 g/mol. The molecule has 4 N–H and O–H groups in total. The third kappa shape index (κ3) is 2.24. The number of nitrogens with two attached hydrogens (primary N) is 1. The fourth-order valence-corrected chi connectivity index (χ4v) is 1.34. The van der Waals surface area contributed by atoms with Crippen LogP contribution in [0.15, 0.2) is 14.7 Å². The Morgan fingerprint density at radius 1 is 1.33 bits per heavy atom. The monoisotopic (exact) mass is 255 g/mol. The Balaban J connectivity index is 3.52. The van der Waals surface area contributed by atoms with Crippen LogP contribution in [-0.2, 0) is 14.1 Å². The van der Waals surface area contributed by atoms with E-state index in [0.717, 1.165) is 9.13 Å². The third-order valence-corrected chi connectivity index (χ3v) is 2.33. The summed E-state index contributed by atoms with van der Waals surface area (Å²) in [5.41, 5.74) is 5.21. The molecule has 9 nitrogen and oxygen atoms in total. The van der Waals surface area contributed by atoms with Gasteiger partial charge < -0.3 is 10.8 Å². The SMILES string of the molecule is C/C(=N\NC(N)=O)c1c(O)n(C)c(=O)n(C)c1=O. The Morgan fingerprint density at radius 2 is 1.89 bits per heavy atom. The molecule has 18 heavy (non-hydrogen) atoms. The number of carbonyl (C=O) groups is 1. The van der Waals surface area contributed by atoms with Crippen LogP contribution in [0.3, 0.4) is 0 Å². The van der Waals surface area contributed by atoms with Gasteiger partial charge in [-0.3, -0.25) is 13.9 Å². The molecule has 1 aromatic heterocycles. The zero-order valence-electron chi connectivity index (χ0n) is 10.1. The number of hydrogen-bond donors (Lipinski definition) is 3. The fraction of sp³-hybridized carbons (Fsp3) is 0.333. The predicted molar refractivity (Wildman–Crippen MR) is 63.5 cm³/mol. The summed E-state index contributed by atoms with van der Waals surface area (Å²) >= 11 is 0. The average molecular weight is 255 g/mol. The van der Waals surface area contributed by atoms with Crippen molar-refractivity contribution >= 4 is 11.7 Å². The van der Waals surface area contributed by atoms with Gasteiger partial charge in [-0.2, -0.15) is 5.10 Å². The second-order valence-electron chi connectivity index (χ2n) is 3.58. The van der Waals surface area contributed by atoms with Crippen LogP contribution in [0.5, 0.6) is 5.88 Å². The van der Waals surface area contributed by atoms with E-state index in [4.69, 9.17) is 5.73 Å². The molecule has 0 bridgehead atoms. The van der Waals surface area contributed by atoms with Crippen molar-refractivity contribution in [1.29, 1.82) is 0 Å². The van der Waals surface area contributed by atoms with E-state index in [1.54, 1.807) is 0 Å². The summed E-state index contributed by atoms with van der Waals surface area (Å²) in [7, 11) is 2.57. The highest BCUT2D eigenvalue weighted by molar-refractivity contribution is 6.00. The number of urea groups is 1. The maximum absolute atomic E-state index is 11.8. The van der Waals surface area contributed by atoms with Crippen molar-refractivity contribution < 1.29 is 9.90 Å². The van der Waals surface area contributed by atoms with Crippen LogP contribution >= 0.6 is 0 Å². The Bertz CT molecular complexity index is 640. The van der Waals surface area contributed by atoms with Gasteiger partial charge >= 0.3 is 11.7 Å². The van der Waals surface area contributed by atoms with E-state index < -0.39 is 23.2 Å². The molecule has 0 aliphatic rings. The Kier molecular flexibility index (Phi) is 3.55. The van der Waals surface area contributed by atoms with Gasteiger partial charge in [0.25, 0.3) is 5.56 Å². The number of nitrogens with zero attached hydrogens (tertiary/aromatic N) is 3. The first-order chi connectivity index (χ1) is 8.27. The van der Waals surface area contributed by atoms with E-state index in [9.17, 15) is 19.5 Å². The molecule has 0 unspecified atom stereocenters. The number of nitrogens with one attached hydrogen (secondary N) is 1. The van der Waals surface area contributed by atoms with E-state index in [1.165, 1.54) is 21.0 Å². The zero-order chi connectivity index (χ0) is 14.0. The third-order valence-electron chi connectivity index (χ3n) is 2.33. The molecule has 0 fully saturated rings. The highest BCUT2D eigenvalue weighted by atomic mass is 16.3. The van der Waals surface area contributed by atoms with Gasteiger partial charge in [0.2, 0.25) is 5.88 Å². The molecule has 2 amide bonds. The van der Waals surface area contributed by atoms with Crippen LogP contribution in [0.25, 0.3) is 0 Å². The highest BCUT2D eigenvalue weighted by Crippen LogP contribution is 2.09. The van der Waals surface area contributed by atoms with Gasteiger partial charge in [0.05, 0.1) is 5.71 Å². The van der Waals surface area contributed by atoms with Crippen LogP contribution in [0.2, 0.25) is 0 Å². The maximum Gasteiger partial charge on any atom is 0.333 e. The number of hydrogen-bond acceptors (Lipinski definition) is 5. The van der Waals surface area contributed by atoms with Gasteiger partial charge in [-0.15, -0.1) is 0 Å². The number of primary amides is 1. The van der Waals surface area contributed by atoms with Crippen molar-refractivity contribution in [1.82, 2.24) is 14.6 Å². The minimum atomic E-state index is -0.907. The molecule has 0 aliphatic carbocycles. The van der Waals surface area contributed by atoms with Crippen LogP contribution in [0.1, 0.15) is 12.5 Å². The summed E-state index contributed by atoms with van der Waals surface area (Å²) < 4.78 is 1.71. The van der Waals surface area contributed by atoms with Crippen LogP contribution in [-0.4, -0.2) is 26.0 Å². The first kappa shape index (κ1) is 13.5. The van der Waals surface area contributed by atoms with Gasteiger partial charge in [-0.1, -0.05) is 0 Å². The number of rotatable bonds is 2. The zero-order valence-corrected chi connectivity index (χ0v) is 10.1. The van der Waals surface area contributed by atoms with E-state index in [-0.39, 0.29) is 11.3 Å². The Labute approximate surface area is 101 Å². The van der Waals surface area contributed by atoms with Gasteiger partial charge in [0.1, 0.15) is 5.56 Å². The molecule has 0 aliphatic heterocycles. The molecule has 1 heterocycles. The number of carbonyl (C=O) groups excluding carboxylic acids is 1. The molecule has 0 saturated carbocycles. The van der Waals surface area contributed by atoms with E-state index in [0.29, 0.717) is 0 Å². The second kappa shape index (κ2) is 4.73. The molecule has 1 rings (SSSR count). The average Bonchev–Trinajstić information content (AvgIpc) is 2.31. The van der Waals surface area contributed by atoms with Crippen molar-refractivity contribution in [3.63, 3.8) is 0 Å². The van der Waals surface area contributed by atoms with Crippen molar-refractivity contribution in [3.8, 4) is 5.88 Å². The summed E-state index contributed by atoms with van der Waals surface area (Å²) in [4.78, 5) is 33.8. The molecule has 0 aromatic carbocycles. The molecule has 1 aromatic rings. The Hall–Kier alpha value is -2.58. The number of amides is 2. The van der Waals surface area contributed by atoms with Crippen LogP contribution in [0.4, 0.5) is 4.79 Å². The molecule has 0 atom stereocenters. The second-order valence-corrected chi connectivity index (χ2v) is 3.58. The van der Waals surface area contributed by atoms with E-state index >= 15 is 0 Å². The maximum atomic E-state index is 11.8. The Morgan fingerprint density at radius 3 is 2.39 bits per heavy atom.